The number of hydrogen-bond donors (Lipinski definition) is 2. The molecular formula is C10H24N2O3S. The Morgan fingerprint density at radius 1 is 1.06 bits per heavy atom. The summed E-state index contributed by atoms with van der Waals surface area (Å²) in [6.07, 6.45) is 4.23. The lowest BCUT2D eigenvalue weighted by Crippen LogP contribution is -2.27. The zero-order valence-corrected chi connectivity index (χ0v) is 11.1. The van der Waals surface area contributed by atoms with Crippen molar-refractivity contribution in [1.29, 1.82) is 0 Å². The fourth-order valence-electron chi connectivity index (χ4n) is 1.09. The molecule has 0 atom stereocenters. The van der Waals surface area contributed by atoms with E-state index in [9.17, 15) is 8.42 Å². The summed E-state index contributed by atoms with van der Waals surface area (Å²) in [5.41, 5.74) is 0. The molecule has 0 saturated heterocycles. The van der Waals surface area contributed by atoms with Crippen LogP contribution in [-0.2, 0) is 14.8 Å². The van der Waals surface area contributed by atoms with E-state index in [1.807, 2.05) is 0 Å². The molecule has 2 N–H and O–H groups in total. The lowest BCUT2D eigenvalue weighted by atomic mass is 10.4. The molecule has 0 fully saturated rings. The summed E-state index contributed by atoms with van der Waals surface area (Å²) in [5, 5.41) is 3.19. The van der Waals surface area contributed by atoms with Crippen LogP contribution in [0.1, 0.15) is 26.2 Å². The van der Waals surface area contributed by atoms with E-state index in [1.165, 1.54) is 6.26 Å². The Hall–Kier alpha value is -0.170. The second-order valence-corrected chi connectivity index (χ2v) is 5.57. The van der Waals surface area contributed by atoms with Crippen LogP contribution in [0.4, 0.5) is 0 Å². The number of rotatable bonds is 11. The van der Waals surface area contributed by atoms with Gasteiger partial charge in [0, 0.05) is 19.7 Å². The topological polar surface area (TPSA) is 67.4 Å². The summed E-state index contributed by atoms with van der Waals surface area (Å²) in [7, 11) is -3.03. The van der Waals surface area contributed by atoms with E-state index in [-0.39, 0.29) is 0 Å². The van der Waals surface area contributed by atoms with Crippen LogP contribution in [0.3, 0.4) is 0 Å². The first-order valence-corrected chi connectivity index (χ1v) is 7.68. The first-order chi connectivity index (χ1) is 7.56. The summed E-state index contributed by atoms with van der Waals surface area (Å²) >= 11 is 0. The van der Waals surface area contributed by atoms with Crippen LogP contribution < -0.4 is 10.0 Å². The molecule has 0 radical (unpaired) electrons. The van der Waals surface area contributed by atoms with Crippen LogP contribution in [0.25, 0.3) is 0 Å². The number of sulfonamides is 1. The molecule has 6 heteroatoms. The minimum atomic E-state index is -3.03. The Bertz CT molecular complexity index is 242. The predicted molar refractivity (Wildman–Crippen MR) is 66.1 cm³/mol. The monoisotopic (exact) mass is 252 g/mol. The molecule has 16 heavy (non-hydrogen) atoms. The highest BCUT2D eigenvalue weighted by Crippen LogP contribution is 1.86. The van der Waals surface area contributed by atoms with Crippen LogP contribution in [0.15, 0.2) is 0 Å². The minimum absolute atomic E-state index is 0.489. The minimum Gasteiger partial charge on any atom is -0.380 e. The molecule has 0 saturated carbocycles. The van der Waals surface area contributed by atoms with E-state index in [4.69, 9.17) is 4.74 Å². The molecule has 0 aromatic carbocycles. The number of ether oxygens (including phenoxy) is 1. The van der Waals surface area contributed by atoms with Gasteiger partial charge in [0.2, 0.25) is 10.0 Å². The third kappa shape index (κ3) is 13.8. The fourth-order valence-corrected chi connectivity index (χ4v) is 1.60. The summed E-state index contributed by atoms with van der Waals surface area (Å²) < 4.78 is 29.2. The highest BCUT2D eigenvalue weighted by atomic mass is 32.2. The average molecular weight is 252 g/mol. The van der Waals surface area contributed by atoms with Crippen molar-refractivity contribution in [3.8, 4) is 0 Å². The molecule has 0 aliphatic heterocycles. The summed E-state index contributed by atoms with van der Waals surface area (Å²) in [6, 6.07) is 0. The van der Waals surface area contributed by atoms with Gasteiger partial charge in [-0.3, -0.25) is 0 Å². The molecule has 0 heterocycles. The predicted octanol–water partition coefficient (Wildman–Crippen LogP) is 0.332. The van der Waals surface area contributed by atoms with Crippen molar-refractivity contribution in [1.82, 2.24) is 10.0 Å². The third-order valence-corrected chi connectivity index (χ3v) is 2.69. The van der Waals surface area contributed by atoms with Crippen molar-refractivity contribution in [2.24, 2.45) is 0 Å². The maximum atomic E-state index is 10.7. The second kappa shape index (κ2) is 10.0. The van der Waals surface area contributed by atoms with Crippen molar-refractivity contribution in [2.45, 2.75) is 26.2 Å². The van der Waals surface area contributed by atoms with Gasteiger partial charge in [0.1, 0.15) is 0 Å². The maximum absolute atomic E-state index is 10.7. The smallest absolute Gasteiger partial charge is 0.208 e. The first kappa shape index (κ1) is 15.8. The number of nitrogens with one attached hydrogen (secondary N) is 2. The molecule has 0 aromatic heterocycles. The number of unbranched alkanes of at least 4 members (excludes halogenated alkanes) is 1. The van der Waals surface area contributed by atoms with E-state index in [2.05, 4.69) is 17.0 Å². The van der Waals surface area contributed by atoms with Crippen molar-refractivity contribution in [2.75, 3.05) is 39.1 Å². The zero-order valence-electron chi connectivity index (χ0n) is 10.3. The first-order valence-electron chi connectivity index (χ1n) is 5.79. The van der Waals surface area contributed by atoms with Crippen LogP contribution in [0.2, 0.25) is 0 Å². The standard InChI is InChI=1S/C10H24N2O3S/c1-3-4-9-15-10-8-11-6-5-7-12-16(2,13)14/h11-12H,3-10H2,1-2H3. The van der Waals surface area contributed by atoms with E-state index in [0.29, 0.717) is 6.54 Å². The molecule has 0 unspecified atom stereocenters. The Morgan fingerprint density at radius 3 is 2.44 bits per heavy atom. The zero-order chi connectivity index (χ0) is 12.3. The molecule has 0 aromatic rings. The molecule has 0 amide bonds. The van der Waals surface area contributed by atoms with Gasteiger partial charge in [-0.1, -0.05) is 13.3 Å². The highest BCUT2D eigenvalue weighted by Gasteiger charge is 1.97. The fraction of sp³-hybridized carbons (Fsp3) is 1.00. The van der Waals surface area contributed by atoms with Gasteiger partial charge in [-0.2, -0.15) is 0 Å². The largest absolute Gasteiger partial charge is 0.380 e. The summed E-state index contributed by atoms with van der Waals surface area (Å²) in [5.74, 6) is 0. The van der Waals surface area contributed by atoms with Gasteiger partial charge >= 0.3 is 0 Å². The highest BCUT2D eigenvalue weighted by molar-refractivity contribution is 7.88. The SMILES string of the molecule is CCCCOCCNCCCNS(C)(=O)=O. The van der Waals surface area contributed by atoms with Gasteiger partial charge in [-0.15, -0.1) is 0 Å². The van der Waals surface area contributed by atoms with Crippen LogP contribution in [0, 0.1) is 0 Å². The average Bonchev–Trinajstić information content (AvgIpc) is 2.19. The molecule has 98 valence electrons. The number of hydrogen-bond acceptors (Lipinski definition) is 4. The van der Waals surface area contributed by atoms with Gasteiger partial charge in [-0.25, -0.2) is 13.1 Å². The molecular weight excluding hydrogens is 228 g/mol. The Morgan fingerprint density at radius 2 is 1.81 bits per heavy atom. The van der Waals surface area contributed by atoms with Crippen LogP contribution >= 0.6 is 0 Å². The normalized spacial score (nSPS) is 11.9. The summed E-state index contributed by atoms with van der Waals surface area (Å²) in [6.45, 7) is 5.80. The lowest BCUT2D eigenvalue weighted by molar-refractivity contribution is 0.133. The lowest BCUT2D eigenvalue weighted by Gasteiger charge is -2.06. The molecule has 0 aliphatic rings. The molecule has 0 spiro atoms. The molecule has 0 bridgehead atoms. The van der Waals surface area contributed by atoms with Crippen molar-refractivity contribution < 1.29 is 13.2 Å². The van der Waals surface area contributed by atoms with Gasteiger partial charge in [0.15, 0.2) is 0 Å². The van der Waals surface area contributed by atoms with Crippen molar-refractivity contribution in [3.63, 3.8) is 0 Å². The van der Waals surface area contributed by atoms with Crippen molar-refractivity contribution in [3.05, 3.63) is 0 Å². The molecule has 5 nitrogen and oxygen atoms in total. The Balaban J connectivity index is 3.05. The van der Waals surface area contributed by atoms with Gasteiger partial charge in [0.25, 0.3) is 0 Å². The maximum Gasteiger partial charge on any atom is 0.208 e. The Kier molecular flexibility index (Phi) is 9.91. The Labute approximate surface area is 99.0 Å². The van der Waals surface area contributed by atoms with E-state index in [1.54, 1.807) is 0 Å². The van der Waals surface area contributed by atoms with Crippen molar-refractivity contribution >= 4 is 10.0 Å². The second-order valence-electron chi connectivity index (χ2n) is 3.74. The van der Waals surface area contributed by atoms with E-state index < -0.39 is 10.0 Å². The van der Waals surface area contributed by atoms with Gasteiger partial charge in [-0.05, 0) is 19.4 Å². The van der Waals surface area contributed by atoms with Gasteiger partial charge in [0.05, 0.1) is 12.9 Å². The van der Waals surface area contributed by atoms with Crippen LogP contribution in [0.5, 0.6) is 0 Å². The third-order valence-electron chi connectivity index (χ3n) is 1.96. The van der Waals surface area contributed by atoms with Gasteiger partial charge < -0.3 is 10.1 Å². The molecule has 0 aliphatic carbocycles. The quantitative estimate of drug-likeness (QED) is 0.520. The van der Waals surface area contributed by atoms with Crippen LogP contribution in [-0.4, -0.2) is 47.5 Å². The summed E-state index contributed by atoms with van der Waals surface area (Å²) in [4.78, 5) is 0. The van der Waals surface area contributed by atoms with E-state index >= 15 is 0 Å². The van der Waals surface area contributed by atoms with E-state index in [0.717, 1.165) is 45.6 Å². The molecule has 0 rings (SSSR count).